The summed E-state index contributed by atoms with van der Waals surface area (Å²) in [5.74, 6) is 0.708. The summed E-state index contributed by atoms with van der Waals surface area (Å²) in [6, 6.07) is 2.28. The van der Waals surface area contributed by atoms with Crippen molar-refractivity contribution in [2.75, 3.05) is 6.54 Å². The first-order valence-electron chi connectivity index (χ1n) is 7.05. The summed E-state index contributed by atoms with van der Waals surface area (Å²) < 4.78 is 5.99. The maximum absolute atomic E-state index is 6.16. The lowest BCUT2D eigenvalue weighted by atomic mass is 10.1. The molecule has 1 fully saturated rings. The zero-order chi connectivity index (χ0) is 14.7. The van der Waals surface area contributed by atoms with Gasteiger partial charge in [-0.2, -0.15) is 0 Å². The van der Waals surface area contributed by atoms with Crippen molar-refractivity contribution in [3.63, 3.8) is 0 Å². The van der Waals surface area contributed by atoms with Gasteiger partial charge < -0.3 is 10.1 Å². The molecule has 3 rings (SSSR count). The highest BCUT2D eigenvalue weighted by atomic mass is 35.5. The molecule has 0 radical (unpaired) electrons. The Morgan fingerprint density at radius 3 is 2.86 bits per heavy atom. The molecule has 3 heterocycles. The van der Waals surface area contributed by atoms with E-state index in [1.54, 1.807) is 18.6 Å². The van der Waals surface area contributed by atoms with E-state index in [1.807, 2.05) is 6.07 Å². The molecule has 21 heavy (non-hydrogen) atoms. The van der Waals surface area contributed by atoms with Crippen LogP contribution in [0.25, 0.3) is 11.1 Å². The Morgan fingerprint density at radius 2 is 2.14 bits per heavy atom. The summed E-state index contributed by atoms with van der Waals surface area (Å²) >= 11 is 6.16. The number of pyridine rings is 1. The predicted molar refractivity (Wildman–Crippen MR) is 81.4 cm³/mol. The maximum Gasteiger partial charge on any atom is 0.138 e. The number of aromatic nitrogens is 3. The van der Waals surface area contributed by atoms with Gasteiger partial charge in [-0.1, -0.05) is 11.6 Å². The Morgan fingerprint density at radius 1 is 1.33 bits per heavy atom. The molecule has 0 saturated carbocycles. The van der Waals surface area contributed by atoms with Gasteiger partial charge in [0, 0.05) is 29.6 Å². The third-order valence-electron chi connectivity index (χ3n) is 3.67. The molecule has 1 N–H and O–H groups in total. The summed E-state index contributed by atoms with van der Waals surface area (Å²) in [5.41, 5.74) is 1.61. The van der Waals surface area contributed by atoms with E-state index >= 15 is 0 Å². The van der Waals surface area contributed by atoms with E-state index in [-0.39, 0.29) is 6.10 Å². The summed E-state index contributed by atoms with van der Waals surface area (Å²) in [6.45, 7) is 3.13. The first kappa shape index (κ1) is 14.2. The number of nitrogens with one attached hydrogen (secondary N) is 1. The van der Waals surface area contributed by atoms with Crippen LogP contribution >= 0.6 is 11.6 Å². The lowest BCUT2D eigenvalue weighted by Gasteiger charge is -2.21. The van der Waals surface area contributed by atoms with Crippen LogP contribution in [-0.4, -0.2) is 33.6 Å². The molecule has 0 amide bonds. The lowest BCUT2D eigenvalue weighted by molar-refractivity contribution is 0.179. The van der Waals surface area contributed by atoms with Crippen molar-refractivity contribution >= 4 is 11.6 Å². The molecule has 2 aromatic heterocycles. The molecule has 1 saturated heterocycles. The Hall–Kier alpha value is -1.72. The number of halogens is 1. The second-order valence-electron chi connectivity index (χ2n) is 5.16. The minimum absolute atomic E-state index is 0.0929. The second-order valence-corrected chi connectivity index (χ2v) is 5.52. The lowest BCUT2D eigenvalue weighted by Crippen LogP contribution is -2.36. The number of hydrogen-bond acceptors (Lipinski definition) is 5. The van der Waals surface area contributed by atoms with E-state index in [0.29, 0.717) is 16.9 Å². The third-order valence-corrected chi connectivity index (χ3v) is 3.97. The summed E-state index contributed by atoms with van der Waals surface area (Å²) in [7, 11) is 0. The van der Waals surface area contributed by atoms with Gasteiger partial charge in [0.15, 0.2) is 0 Å². The van der Waals surface area contributed by atoms with Crippen molar-refractivity contribution in [1.29, 1.82) is 0 Å². The van der Waals surface area contributed by atoms with E-state index < -0.39 is 0 Å². The smallest absolute Gasteiger partial charge is 0.138 e. The van der Waals surface area contributed by atoms with Crippen LogP contribution in [0.3, 0.4) is 0 Å². The van der Waals surface area contributed by atoms with Gasteiger partial charge in [-0.3, -0.25) is 0 Å². The average molecular weight is 305 g/mol. The Kier molecular flexibility index (Phi) is 4.31. The van der Waals surface area contributed by atoms with Gasteiger partial charge in [0.1, 0.15) is 23.3 Å². The second kappa shape index (κ2) is 6.37. The van der Waals surface area contributed by atoms with E-state index in [2.05, 4.69) is 27.2 Å². The van der Waals surface area contributed by atoms with Gasteiger partial charge in [-0.15, -0.1) is 0 Å². The van der Waals surface area contributed by atoms with Crippen LogP contribution in [-0.2, 0) is 0 Å². The molecule has 0 aliphatic carbocycles. The number of ether oxygens (including phenoxy) is 1. The number of nitrogens with zero attached hydrogens (tertiary/aromatic N) is 3. The first-order chi connectivity index (χ1) is 10.2. The SMILES string of the molecule is CC(Oc1cnc(Cl)c(-c2cncnc2)c1)[C@@H]1CCCN1. The summed E-state index contributed by atoms with van der Waals surface area (Å²) in [4.78, 5) is 12.2. The predicted octanol–water partition coefficient (Wildman–Crippen LogP) is 2.71. The van der Waals surface area contributed by atoms with Gasteiger partial charge in [0.25, 0.3) is 0 Å². The van der Waals surface area contributed by atoms with E-state index in [1.165, 1.54) is 12.7 Å². The molecule has 5 nitrogen and oxygen atoms in total. The molecular weight excluding hydrogens is 288 g/mol. The Labute approximate surface area is 128 Å². The topological polar surface area (TPSA) is 59.9 Å². The van der Waals surface area contributed by atoms with Crippen molar-refractivity contribution in [2.45, 2.75) is 31.9 Å². The highest BCUT2D eigenvalue weighted by molar-refractivity contribution is 6.32. The quantitative estimate of drug-likeness (QED) is 0.880. The monoisotopic (exact) mass is 304 g/mol. The molecule has 0 bridgehead atoms. The molecule has 110 valence electrons. The van der Waals surface area contributed by atoms with Crippen LogP contribution in [0.15, 0.2) is 31.0 Å². The average Bonchev–Trinajstić information content (AvgIpc) is 3.04. The fraction of sp³-hybridized carbons (Fsp3) is 0.400. The number of hydrogen-bond donors (Lipinski definition) is 1. The van der Waals surface area contributed by atoms with Crippen LogP contribution in [0.5, 0.6) is 5.75 Å². The van der Waals surface area contributed by atoms with Crippen molar-refractivity contribution in [3.8, 4) is 16.9 Å². The molecule has 0 spiro atoms. The van der Waals surface area contributed by atoms with Gasteiger partial charge in [-0.05, 0) is 32.4 Å². The molecule has 0 aromatic carbocycles. The fourth-order valence-corrected chi connectivity index (χ4v) is 2.76. The molecule has 1 aliphatic rings. The zero-order valence-electron chi connectivity index (χ0n) is 11.8. The largest absolute Gasteiger partial charge is 0.487 e. The Bertz CT molecular complexity index is 602. The van der Waals surface area contributed by atoms with Crippen molar-refractivity contribution in [2.24, 2.45) is 0 Å². The van der Waals surface area contributed by atoms with Crippen molar-refractivity contribution in [1.82, 2.24) is 20.3 Å². The molecular formula is C15H17ClN4O. The molecule has 6 heteroatoms. The highest BCUT2D eigenvalue weighted by Gasteiger charge is 2.22. The third kappa shape index (κ3) is 3.31. The molecule has 1 unspecified atom stereocenters. The van der Waals surface area contributed by atoms with E-state index in [9.17, 15) is 0 Å². The Balaban J connectivity index is 1.80. The van der Waals surface area contributed by atoms with E-state index in [4.69, 9.17) is 16.3 Å². The normalized spacial score (nSPS) is 19.4. The van der Waals surface area contributed by atoms with Crippen LogP contribution < -0.4 is 10.1 Å². The van der Waals surface area contributed by atoms with E-state index in [0.717, 1.165) is 24.1 Å². The molecule has 2 aromatic rings. The van der Waals surface area contributed by atoms with Crippen molar-refractivity contribution in [3.05, 3.63) is 36.1 Å². The van der Waals surface area contributed by atoms with Crippen LogP contribution in [0.4, 0.5) is 0 Å². The minimum Gasteiger partial charge on any atom is -0.487 e. The first-order valence-corrected chi connectivity index (χ1v) is 7.43. The molecule has 1 aliphatic heterocycles. The minimum atomic E-state index is 0.0929. The standard InChI is InChI=1S/C15H17ClN4O/c1-10(14-3-2-4-19-14)21-12-5-13(15(16)20-8-12)11-6-17-9-18-7-11/h5-10,14,19H,2-4H2,1H3/t10?,14-/m0/s1. The summed E-state index contributed by atoms with van der Waals surface area (Å²) in [6.07, 6.45) is 8.99. The van der Waals surface area contributed by atoms with Crippen molar-refractivity contribution < 1.29 is 4.74 Å². The van der Waals surface area contributed by atoms with Gasteiger partial charge in [-0.25, -0.2) is 15.0 Å². The number of rotatable bonds is 4. The highest BCUT2D eigenvalue weighted by Crippen LogP contribution is 2.29. The van der Waals surface area contributed by atoms with Crippen LogP contribution in [0.1, 0.15) is 19.8 Å². The van der Waals surface area contributed by atoms with Gasteiger partial charge >= 0.3 is 0 Å². The maximum atomic E-state index is 6.16. The zero-order valence-corrected chi connectivity index (χ0v) is 12.5. The van der Waals surface area contributed by atoms with Gasteiger partial charge in [0.2, 0.25) is 0 Å². The van der Waals surface area contributed by atoms with Gasteiger partial charge in [0.05, 0.1) is 6.20 Å². The van der Waals surface area contributed by atoms with Crippen LogP contribution in [0, 0.1) is 0 Å². The molecule has 2 atom stereocenters. The summed E-state index contributed by atoms with van der Waals surface area (Å²) in [5, 5.41) is 3.86. The fourth-order valence-electron chi connectivity index (χ4n) is 2.54. The van der Waals surface area contributed by atoms with Crippen LogP contribution in [0.2, 0.25) is 5.15 Å².